The second-order valence-corrected chi connectivity index (χ2v) is 7.57. The van der Waals surface area contributed by atoms with Gasteiger partial charge in [-0.05, 0) is 46.3 Å². The molecule has 0 atom stereocenters. The summed E-state index contributed by atoms with van der Waals surface area (Å²) in [5.74, 6) is -0.187. The minimum atomic E-state index is -0.578. The van der Waals surface area contributed by atoms with Crippen molar-refractivity contribution in [3.05, 3.63) is 68.8 Å². The molecule has 2 aromatic heterocycles. The van der Waals surface area contributed by atoms with Crippen LogP contribution in [0.3, 0.4) is 0 Å². The summed E-state index contributed by atoms with van der Waals surface area (Å²) in [6.45, 7) is 0. The number of para-hydroxylation sites is 2. The Kier molecular flexibility index (Phi) is 5.36. The van der Waals surface area contributed by atoms with Gasteiger partial charge in [0, 0.05) is 10.5 Å². The molecule has 0 fully saturated rings. The Balaban J connectivity index is 1.41. The van der Waals surface area contributed by atoms with Gasteiger partial charge in [-0.25, -0.2) is 5.43 Å². The number of phenols is 1. The van der Waals surface area contributed by atoms with Gasteiger partial charge in [-0.3, -0.25) is 4.79 Å². The van der Waals surface area contributed by atoms with Gasteiger partial charge >= 0.3 is 6.01 Å². The number of rotatable bonds is 5. The molecule has 0 bridgehead atoms. The molecule has 2 aromatic carbocycles. The number of phenolic OH excluding ortho intramolecular Hbond substituents is 1. The van der Waals surface area contributed by atoms with Crippen molar-refractivity contribution in [2.24, 2.45) is 5.10 Å². The smallest absolute Gasteiger partial charge is 0.302 e. The molecule has 29 heavy (non-hydrogen) atoms. The van der Waals surface area contributed by atoms with Crippen LogP contribution in [0.5, 0.6) is 17.7 Å². The maximum Gasteiger partial charge on any atom is 0.302 e. The summed E-state index contributed by atoms with van der Waals surface area (Å²) in [4.78, 5) is 19.5. The highest BCUT2D eigenvalue weighted by atomic mass is 79.9. The summed E-state index contributed by atoms with van der Waals surface area (Å²) >= 11 is 6.44. The van der Waals surface area contributed by atoms with Crippen molar-refractivity contribution in [3.8, 4) is 17.7 Å². The fourth-order valence-corrected chi connectivity index (χ4v) is 3.71. The monoisotopic (exact) mass is 518 g/mol. The van der Waals surface area contributed by atoms with Crippen LogP contribution in [-0.2, 0) is 0 Å². The lowest BCUT2D eigenvalue weighted by molar-refractivity contribution is 0.0952. The number of furan rings is 1. The number of hydrazone groups is 1. The molecule has 3 N–H and O–H groups in total. The van der Waals surface area contributed by atoms with Gasteiger partial charge in [-0.2, -0.15) is 10.1 Å². The van der Waals surface area contributed by atoms with Crippen molar-refractivity contribution >= 4 is 55.0 Å². The van der Waals surface area contributed by atoms with Crippen molar-refractivity contribution in [1.82, 2.24) is 15.4 Å². The third-order valence-electron chi connectivity index (χ3n) is 3.80. The molecule has 0 aliphatic heterocycles. The summed E-state index contributed by atoms with van der Waals surface area (Å²) in [6.07, 6.45) is 1.31. The van der Waals surface area contributed by atoms with Gasteiger partial charge in [0.25, 0.3) is 11.9 Å². The molecule has 0 aliphatic rings. The first-order chi connectivity index (χ1) is 14.0. The number of H-pyrrole nitrogens is 1. The van der Waals surface area contributed by atoms with E-state index in [-0.39, 0.29) is 17.3 Å². The van der Waals surface area contributed by atoms with E-state index in [4.69, 9.17) is 9.15 Å². The first-order valence-corrected chi connectivity index (χ1v) is 9.82. The van der Waals surface area contributed by atoms with E-state index >= 15 is 0 Å². The van der Waals surface area contributed by atoms with Crippen molar-refractivity contribution in [2.75, 3.05) is 0 Å². The molecule has 2 heterocycles. The van der Waals surface area contributed by atoms with Gasteiger partial charge < -0.3 is 19.2 Å². The Bertz CT molecular complexity index is 1200. The maximum atomic E-state index is 12.2. The molecule has 4 rings (SSSR count). The molecule has 0 unspecified atom stereocenters. The van der Waals surface area contributed by atoms with Crippen LogP contribution in [0.4, 0.5) is 0 Å². The van der Waals surface area contributed by atoms with Crippen molar-refractivity contribution in [1.29, 1.82) is 0 Å². The van der Waals surface area contributed by atoms with Gasteiger partial charge in [-0.15, -0.1) is 0 Å². The van der Waals surface area contributed by atoms with Crippen molar-refractivity contribution in [3.63, 3.8) is 0 Å². The normalized spacial score (nSPS) is 11.2. The molecule has 1 amide bonds. The van der Waals surface area contributed by atoms with Crippen LogP contribution in [0.25, 0.3) is 11.0 Å². The van der Waals surface area contributed by atoms with Crippen LogP contribution in [0, 0.1) is 0 Å². The number of amides is 1. The van der Waals surface area contributed by atoms with Crippen LogP contribution >= 0.6 is 31.9 Å². The Hall–Kier alpha value is -3.11. The number of nitrogens with one attached hydrogen (secondary N) is 2. The molecule has 0 aliphatic carbocycles. The Morgan fingerprint density at radius 1 is 1.24 bits per heavy atom. The number of ether oxygens (including phenoxy) is 1. The molecule has 4 aromatic rings. The van der Waals surface area contributed by atoms with Crippen LogP contribution in [-0.4, -0.2) is 27.2 Å². The zero-order chi connectivity index (χ0) is 20.4. The van der Waals surface area contributed by atoms with Gasteiger partial charge in [0.05, 0.1) is 27.3 Å². The van der Waals surface area contributed by atoms with Crippen LogP contribution in [0.1, 0.15) is 16.1 Å². The molecule has 8 nitrogen and oxygen atoms in total. The van der Waals surface area contributed by atoms with E-state index in [0.717, 1.165) is 11.0 Å². The topological polar surface area (TPSA) is 113 Å². The first-order valence-electron chi connectivity index (χ1n) is 8.23. The van der Waals surface area contributed by atoms with Gasteiger partial charge in [0.15, 0.2) is 5.76 Å². The predicted octanol–water partition coefficient (Wildman–Crippen LogP) is 4.94. The average molecular weight is 520 g/mol. The fraction of sp³-hybridized carbons (Fsp3) is 0. The van der Waals surface area contributed by atoms with Crippen molar-refractivity contribution < 1.29 is 19.1 Å². The summed E-state index contributed by atoms with van der Waals surface area (Å²) in [6, 6.07) is 14.2. The van der Waals surface area contributed by atoms with E-state index < -0.39 is 5.91 Å². The number of aromatic hydroxyl groups is 1. The second kappa shape index (κ2) is 8.10. The summed E-state index contributed by atoms with van der Waals surface area (Å²) in [7, 11) is 0. The van der Waals surface area contributed by atoms with E-state index in [1.54, 1.807) is 18.2 Å². The quantitative estimate of drug-likeness (QED) is 0.255. The number of aromatic amines is 1. The number of carbonyl (C=O) groups excluding carboxylic acids is 1. The van der Waals surface area contributed by atoms with E-state index in [9.17, 15) is 9.90 Å². The lowest BCUT2D eigenvalue weighted by Gasteiger charge is -2.05. The standard InChI is InChI=1S/C19H12Br2N4O4/c20-10-7-12(17(26)13(21)8-10)18(27)25-22-9-11-5-6-16(28-11)29-19-23-14-3-1-2-4-15(14)24-19/h1-9,26H,(H,23,24)(H,25,27). The van der Waals surface area contributed by atoms with Crippen LogP contribution < -0.4 is 10.2 Å². The molecular weight excluding hydrogens is 508 g/mol. The third kappa shape index (κ3) is 4.33. The number of halogens is 2. The van der Waals surface area contributed by atoms with Gasteiger partial charge in [0.2, 0.25) is 0 Å². The number of aromatic nitrogens is 2. The molecule has 0 saturated heterocycles. The largest absolute Gasteiger partial charge is 0.506 e. The third-order valence-corrected chi connectivity index (χ3v) is 4.86. The van der Waals surface area contributed by atoms with Gasteiger partial charge in [0.1, 0.15) is 5.75 Å². The van der Waals surface area contributed by atoms with E-state index in [2.05, 4.69) is 52.4 Å². The summed E-state index contributed by atoms with van der Waals surface area (Å²) in [5.41, 5.74) is 4.02. The summed E-state index contributed by atoms with van der Waals surface area (Å²) in [5, 5.41) is 13.8. The highest BCUT2D eigenvalue weighted by molar-refractivity contribution is 9.11. The Morgan fingerprint density at radius 3 is 2.90 bits per heavy atom. The lowest BCUT2D eigenvalue weighted by atomic mass is 10.2. The number of hydrogen-bond donors (Lipinski definition) is 3. The van der Waals surface area contributed by atoms with E-state index in [1.165, 1.54) is 12.3 Å². The molecule has 0 saturated carbocycles. The second-order valence-electron chi connectivity index (χ2n) is 5.80. The number of fused-ring (bicyclic) bond motifs is 1. The van der Waals surface area contributed by atoms with Crippen LogP contribution in [0.15, 0.2) is 67.0 Å². The SMILES string of the molecule is O=C(NN=Cc1ccc(Oc2nc3ccccc3[nH]2)o1)c1cc(Br)cc(Br)c1O. The molecule has 146 valence electrons. The summed E-state index contributed by atoms with van der Waals surface area (Å²) < 4.78 is 12.1. The van der Waals surface area contributed by atoms with Gasteiger partial charge in [-0.1, -0.05) is 28.1 Å². The highest BCUT2D eigenvalue weighted by Crippen LogP contribution is 2.31. The predicted molar refractivity (Wildman–Crippen MR) is 113 cm³/mol. The number of benzene rings is 2. The Labute approximate surface area is 180 Å². The highest BCUT2D eigenvalue weighted by Gasteiger charge is 2.14. The molecule has 0 spiro atoms. The number of hydrogen-bond acceptors (Lipinski definition) is 6. The first kappa shape index (κ1) is 19.2. The van der Waals surface area contributed by atoms with Crippen molar-refractivity contribution in [2.45, 2.75) is 0 Å². The van der Waals surface area contributed by atoms with E-state index in [0.29, 0.717) is 20.7 Å². The number of nitrogens with zero attached hydrogens (tertiary/aromatic N) is 2. The molecule has 0 radical (unpaired) electrons. The minimum Gasteiger partial charge on any atom is -0.506 e. The minimum absolute atomic E-state index is 0.0664. The maximum absolute atomic E-state index is 12.2. The van der Waals surface area contributed by atoms with E-state index in [1.807, 2.05) is 24.3 Å². The zero-order valence-corrected chi connectivity index (χ0v) is 17.7. The molecular formula is C19H12Br2N4O4. The lowest BCUT2D eigenvalue weighted by Crippen LogP contribution is -2.17. The fourth-order valence-electron chi connectivity index (χ4n) is 2.49. The zero-order valence-electron chi connectivity index (χ0n) is 14.5. The Morgan fingerprint density at radius 2 is 2.07 bits per heavy atom. The average Bonchev–Trinajstić information content (AvgIpc) is 3.30. The van der Waals surface area contributed by atoms with Crippen LogP contribution in [0.2, 0.25) is 0 Å². The number of imidazole rings is 1. The molecule has 10 heteroatoms. The number of carbonyl (C=O) groups is 1.